The molecule has 0 aliphatic heterocycles. The maximum Gasteiger partial charge on any atom is 0.164 e. The first kappa shape index (κ1) is 30.5. The molecule has 0 N–H and O–H groups in total. The lowest BCUT2D eigenvalue weighted by Crippen LogP contribution is -2.28. The summed E-state index contributed by atoms with van der Waals surface area (Å²) < 4.78 is 6.31. The van der Waals surface area contributed by atoms with Crippen molar-refractivity contribution in [1.29, 1.82) is 0 Å². The van der Waals surface area contributed by atoms with E-state index >= 15 is 0 Å². The predicted molar refractivity (Wildman–Crippen MR) is 218 cm³/mol. The van der Waals surface area contributed by atoms with E-state index in [0.29, 0.717) is 17.5 Å². The number of hydrogen-bond acceptors (Lipinski definition) is 4. The smallest absolute Gasteiger partial charge is 0.164 e. The molecule has 4 nitrogen and oxygen atoms in total. The monoisotopic (exact) mass is 689 g/mol. The van der Waals surface area contributed by atoms with Crippen LogP contribution in [0.2, 0.25) is 0 Å². The Morgan fingerprint density at radius 1 is 0.352 bits per heavy atom. The van der Waals surface area contributed by atoms with Crippen LogP contribution in [-0.2, 0) is 5.41 Å². The van der Waals surface area contributed by atoms with E-state index in [1.165, 1.54) is 27.8 Å². The van der Waals surface area contributed by atoms with E-state index in [1.807, 2.05) is 18.2 Å². The molecule has 0 saturated heterocycles. The van der Waals surface area contributed by atoms with Crippen LogP contribution in [0.25, 0.3) is 78.0 Å². The van der Waals surface area contributed by atoms with Gasteiger partial charge in [0.25, 0.3) is 0 Å². The zero-order chi connectivity index (χ0) is 35.6. The lowest BCUT2D eigenvalue weighted by Gasteiger charge is -2.34. The summed E-state index contributed by atoms with van der Waals surface area (Å²) in [7, 11) is 0. The third-order valence-corrected chi connectivity index (χ3v) is 11.0. The molecule has 0 atom stereocenters. The molecular formula is C50H31N3O. The molecule has 10 aromatic rings. The summed E-state index contributed by atoms with van der Waals surface area (Å²) in [5, 5.41) is 4.37. The van der Waals surface area contributed by atoms with Crippen LogP contribution in [0.5, 0.6) is 0 Å². The van der Waals surface area contributed by atoms with Crippen molar-refractivity contribution in [2.75, 3.05) is 0 Å². The summed E-state index contributed by atoms with van der Waals surface area (Å²) >= 11 is 0. The number of fused-ring (bicyclic) bond motifs is 7. The van der Waals surface area contributed by atoms with Gasteiger partial charge >= 0.3 is 0 Å². The Morgan fingerprint density at radius 3 is 1.70 bits per heavy atom. The molecule has 0 amide bonds. The van der Waals surface area contributed by atoms with Gasteiger partial charge in [-0.2, -0.15) is 0 Å². The summed E-state index contributed by atoms with van der Waals surface area (Å²) in [5.74, 6) is 1.82. The second kappa shape index (κ2) is 11.9. The highest BCUT2D eigenvalue weighted by Crippen LogP contribution is 2.56. The van der Waals surface area contributed by atoms with Crippen molar-refractivity contribution in [1.82, 2.24) is 15.0 Å². The minimum atomic E-state index is -0.537. The van der Waals surface area contributed by atoms with Crippen molar-refractivity contribution in [2.45, 2.75) is 5.41 Å². The Hall–Kier alpha value is -7.17. The largest absolute Gasteiger partial charge is 0.456 e. The molecule has 252 valence electrons. The molecule has 0 saturated carbocycles. The van der Waals surface area contributed by atoms with Crippen LogP contribution in [-0.4, -0.2) is 15.0 Å². The van der Waals surface area contributed by atoms with Gasteiger partial charge in [-0.1, -0.05) is 164 Å². The van der Waals surface area contributed by atoms with Crippen molar-refractivity contribution in [2.24, 2.45) is 0 Å². The van der Waals surface area contributed by atoms with E-state index in [1.54, 1.807) is 0 Å². The standard InChI is InChI=1S/C50H31N3O/c1-2-17-35(18-3-1)50(43-25-9-6-21-38(43)39-22-7-10-26-44(39)50)36-19-12-16-33(30-36)47-51-48(34-28-29-41-40-23-8-11-27-45(40)54-46(41)31-34)53-49(52-47)42-24-13-15-32-14-4-5-20-37(32)42/h1-31H. The van der Waals surface area contributed by atoms with Crippen LogP contribution in [0.1, 0.15) is 22.3 Å². The molecule has 4 heteroatoms. The maximum absolute atomic E-state index is 6.31. The molecule has 8 aromatic carbocycles. The average molecular weight is 690 g/mol. The van der Waals surface area contributed by atoms with E-state index in [-0.39, 0.29) is 0 Å². The molecule has 1 aliphatic rings. The number of rotatable bonds is 5. The Balaban J connectivity index is 1.15. The first-order valence-electron chi connectivity index (χ1n) is 18.3. The number of para-hydroxylation sites is 1. The van der Waals surface area contributed by atoms with Gasteiger partial charge in [-0.05, 0) is 68.4 Å². The zero-order valence-corrected chi connectivity index (χ0v) is 29.1. The number of furan rings is 1. The Morgan fingerprint density at radius 2 is 0.907 bits per heavy atom. The van der Waals surface area contributed by atoms with Crippen LogP contribution in [0.3, 0.4) is 0 Å². The highest BCUT2D eigenvalue weighted by atomic mass is 16.3. The molecule has 0 bridgehead atoms. The maximum atomic E-state index is 6.31. The molecule has 0 unspecified atom stereocenters. The second-order valence-electron chi connectivity index (χ2n) is 13.9. The zero-order valence-electron chi connectivity index (χ0n) is 29.1. The van der Waals surface area contributed by atoms with Crippen LogP contribution in [0, 0.1) is 0 Å². The predicted octanol–water partition coefficient (Wildman–Crippen LogP) is 12.3. The van der Waals surface area contributed by atoms with Crippen LogP contribution >= 0.6 is 0 Å². The van der Waals surface area contributed by atoms with E-state index in [9.17, 15) is 0 Å². The molecule has 2 aromatic heterocycles. The lowest BCUT2D eigenvalue weighted by atomic mass is 9.67. The van der Waals surface area contributed by atoms with Gasteiger partial charge in [-0.3, -0.25) is 0 Å². The summed E-state index contributed by atoms with van der Waals surface area (Å²) in [5.41, 5.74) is 11.3. The van der Waals surface area contributed by atoms with Crippen molar-refractivity contribution in [3.8, 4) is 45.3 Å². The van der Waals surface area contributed by atoms with Gasteiger partial charge in [0.1, 0.15) is 11.2 Å². The average Bonchev–Trinajstić information content (AvgIpc) is 3.77. The fraction of sp³-hybridized carbons (Fsp3) is 0.0200. The summed E-state index contributed by atoms with van der Waals surface area (Å²) in [6, 6.07) is 66.3. The number of benzene rings is 8. The van der Waals surface area contributed by atoms with Gasteiger partial charge in [0.2, 0.25) is 0 Å². The Labute approximate surface area is 312 Å². The van der Waals surface area contributed by atoms with E-state index in [2.05, 4.69) is 170 Å². The molecule has 54 heavy (non-hydrogen) atoms. The van der Waals surface area contributed by atoms with E-state index < -0.39 is 5.41 Å². The minimum absolute atomic E-state index is 0.537. The van der Waals surface area contributed by atoms with Crippen molar-refractivity contribution < 1.29 is 4.42 Å². The summed E-state index contributed by atoms with van der Waals surface area (Å²) in [6.45, 7) is 0. The Kier molecular flexibility index (Phi) is 6.73. The van der Waals surface area contributed by atoms with Gasteiger partial charge in [0, 0.05) is 27.5 Å². The minimum Gasteiger partial charge on any atom is -0.456 e. The molecule has 2 heterocycles. The van der Waals surface area contributed by atoms with Crippen molar-refractivity contribution in [3.63, 3.8) is 0 Å². The van der Waals surface area contributed by atoms with Crippen LogP contribution < -0.4 is 0 Å². The first-order valence-corrected chi connectivity index (χ1v) is 18.3. The highest BCUT2D eigenvalue weighted by Gasteiger charge is 2.45. The fourth-order valence-electron chi connectivity index (χ4n) is 8.64. The topological polar surface area (TPSA) is 51.8 Å². The number of nitrogens with zero attached hydrogens (tertiary/aromatic N) is 3. The van der Waals surface area contributed by atoms with Gasteiger partial charge in [0.15, 0.2) is 17.5 Å². The van der Waals surface area contributed by atoms with Gasteiger partial charge in [-0.25, -0.2) is 15.0 Å². The first-order chi connectivity index (χ1) is 26.8. The van der Waals surface area contributed by atoms with Crippen molar-refractivity contribution >= 4 is 32.7 Å². The summed E-state index contributed by atoms with van der Waals surface area (Å²) in [6.07, 6.45) is 0. The molecule has 0 fully saturated rings. The highest BCUT2D eigenvalue weighted by molar-refractivity contribution is 6.05. The van der Waals surface area contributed by atoms with Gasteiger partial charge < -0.3 is 4.42 Å². The quantitative estimate of drug-likeness (QED) is 0.180. The third kappa shape index (κ3) is 4.53. The van der Waals surface area contributed by atoms with E-state index in [0.717, 1.165) is 55.0 Å². The van der Waals surface area contributed by atoms with Crippen LogP contribution in [0.15, 0.2) is 192 Å². The summed E-state index contributed by atoms with van der Waals surface area (Å²) in [4.78, 5) is 15.6. The van der Waals surface area contributed by atoms with Crippen molar-refractivity contribution in [3.05, 3.63) is 210 Å². The normalized spacial score (nSPS) is 13.0. The lowest BCUT2D eigenvalue weighted by molar-refractivity contribution is 0.669. The molecular weight excluding hydrogens is 659 g/mol. The Bertz CT molecular complexity index is 3020. The molecule has 11 rings (SSSR count). The van der Waals surface area contributed by atoms with Gasteiger partial charge in [-0.15, -0.1) is 0 Å². The number of aromatic nitrogens is 3. The van der Waals surface area contributed by atoms with Crippen LogP contribution in [0.4, 0.5) is 0 Å². The van der Waals surface area contributed by atoms with Gasteiger partial charge in [0.05, 0.1) is 5.41 Å². The molecule has 0 radical (unpaired) electrons. The fourth-order valence-corrected chi connectivity index (χ4v) is 8.64. The molecule has 0 spiro atoms. The third-order valence-electron chi connectivity index (χ3n) is 11.0. The number of hydrogen-bond donors (Lipinski definition) is 0. The second-order valence-corrected chi connectivity index (χ2v) is 13.9. The molecule has 1 aliphatic carbocycles. The SMILES string of the molecule is c1ccc(C2(c3cccc(-c4nc(-c5ccc6c(c5)oc5ccccc56)nc(-c5cccc6ccccc56)n4)c3)c3ccccc3-c3ccccc32)cc1. The van der Waals surface area contributed by atoms with E-state index in [4.69, 9.17) is 19.4 Å².